The number of carbonyl (C=O) groups is 1. The maximum atomic E-state index is 13.2. The molecule has 0 radical (unpaired) electrons. The molecule has 0 atom stereocenters. The molecule has 0 saturated carbocycles. The standard InChI is InChI=1S/C21H17BrN2O3S/c1-14-12-15(10-11-18(14)22)23-21(25)13-24-19-8-4-2-6-16(19)17-7-3-5-9-20(17)28(24,26)27/h2-12H,13H2,1H3,(H,23,25). The highest BCUT2D eigenvalue weighted by molar-refractivity contribution is 9.10. The third-order valence-electron chi connectivity index (χ3n) is 4.65. The van der Waals surface area contributed by atoms with Crippen LogP contribution in [0.15, 0.2) is 76.1 Å². The number of para-hydroxylation sites is 1. The Kier molecular flexibility index (Phi) is 4.72. The Balaban J connectivity index is 1.69. The molecule has 5 nitrogen and oxygen atoms in total. The van der Waals surface area contributed by atoms with E-state index >= 15 is 0 Å². The Morgan fingerprint density at radius 1 is 1.00 bits per heavy atom. The van der Waals surface area contributed by atoms with Crippen molar-refractivity contribution in [1.29, 1.82) is 0 Å². The molecule has 142 valence electrons. The van der Waals surface area contributed by atoms with E-state index in [1.807, 2.05) is 37.3 Å². The summed E-state index contributed by atoms with van der Waals surface area (Å²) in [6.07, 6.45) is 0. The van der Waals surface area contributed by atoms with Crippen molar-refractivity contribution in [3.63, 3.8) is 0 Å². The predicted octanol–water partition coefficient (Wildman–Crippen LogP) is 4.57. The van der Waals surface area contributed by atoms with E-state index in [4.69, 9.17) is 0 Å². The summed E-state index contributed by atoms with van der Waals surface area (Å²) in [5, 5.41) is 2.78. The van der Waals surface area contributed by atoms with Gasteiger partial charge in [-0.25, -0.2) is 8.42 Å². The van der Waals surface area contributed by atoms with Crippen molar-refractivity contribution in [1.82, 2.24) is 0 Å². The summed E-state index contributed by atoms with van der Waals surface area (Å²) in [5.74, 6) is -0.403. The fraction of sp³-hybridized carbons (Fsp3) is 0.0952. The number of sulfonamides is 1. The minimum absolute atomic E-state index is 0.209. The summed E-state index contributed by atoms with van der Waals surface area (Å²) in [6.45, 7) is 1.62. The van der Waals surface area contributed by atoms with E-state index in [0.717, 1.165) is 15.6 Å². The smallest absolute Gasteiger partial charge is 0.265 e. The van der Waals surface area contributed by atoms with Crippen molar-refractivity contribution in [3.05, 3.63) is 76.8 Å². The summed E-state index contributed by atoms with van der Waals surface area (Å²) in [6, 6.07) is 19.5. The number of hydrogen-bond acceptors (Lipinski definition) is 3. The fourth-order valence-electron chi connectivity index (χ4n) is 3.30. The minimum Gasteiger partial charge on any atom is -0.325 e. The number of amides is 1. The van der Waals surface area contributed by atoms with Crippen LogP contribution in [0, 0.1) is 6.92 Å². The first-order chi connectivity index (χ1) is 13.4. The fourth-order valence-corrected chi connectivity index (χ4v) is 5.20. The summed E-state index contributed by atoms with van der Waals surface area (Å²) in [4.78, 5) is 12.9. The van der Waals surface area contributed by atoms with E-state index in [9.17, 15) is 13.2 Å². The maximum absolute atomic E-state index is 13.2. The van der Waals surface area contributed by atoms with Gasteiger partial charge in [-0.15, -0.1) is 0 Å². The molecule has 0 bridgehead atoms. The molecule has 0 unspecified atom stereocenters. The number of fused-ring (bicyclic) bond motifs is 3. The zero-order chi connectivity index (χ0) is 19.9. The molecule has 1 aliphatic rings. The van der Waals surface area contributed by atoms with Crippen molar-refractivity contribution in [2.75, 3.05) is 16.2 Å². The Labute approximate surface area is 172 Å². The molecule has 4 rings (SSSR count). The van der Waals surface area contributed by atoms with Crippen LogP contribution < -0.4 is 9.62 Å². The number of aryl methyl sites for hydroxylation is 1. The first-order valence-corrected chi connectivity index (χ1v) is 10.9. The number of nitrogens with zero attached hydrogens (tertiary/aromatic N) is 1. The average Bonchev–Trinajstić information content (AvgIpc) is 2.68. The Morgan fingerprint density at radius 3 is 2.43 bits per heavy atom. The van der Waals surface area contributed by atoms with Gasteiger partial charge in [0.25, 0.3) is 10.0 Å². The molecule has 1 N–H and O–H groups in total. The van der Waals surface area contributed by atoms with Crippen molar-refractivity contribution in [2.45, 2.75) is 11.8 Å². The first-order valence-electron chi connectivity index (χ1n) is 8.65. The molecular weight excluding hydrogens is 440 g/mol. The van der Waals surface area contributed by atoms with Gasteiger partial charge in [0.1, 0.15) is 6.54 Å². The van der Waals surface area contributed by atoms with Gasteiger partial charge in [-0.1, -0.05) is 52.3 Å². The Bertz CT molecular complexity index is 1190. The lowest BCUT2D eigenvalue weighted by Gasteiger charge is -2.31. The van der Waals surface area contributed by atoms with Crippen LogP contribution in [0.1, 0.15) is 5.56 Å². The quantitative estimate of drug-likeness (QED) is 0.627. The van der Waals surface area contributed by atoms with Gasteiger partial charge in [-0.3, -0.25) is 9.10 Å². The highest BCUT2D eigenvalue weighted by Crippen LogP contribution is 2.42. The number of hydrogen-bond donors (Lipinski definition) is 1. The first kappa shape index (κ1) is 18.7. The lowest BCUT2D eigenvalue weighted by molar-refractivity contribution is -0.114. The van der Waals surface area contributed by atoms with Gasteiger partial charge in [0.05, 0.1) is 10.6 Å². The van der Waals surface area contributed by atoms with Gasteiger partial charge in [0, 0.05) is 21.3 Å². The molecule has 1 heterocycles. The minimum atomic E-state index is -3.83. The number of carbonyl (C=O) groups excluding carboxylic acids is 1. The lowest BCUT2D eigenvalue weighted by atomic mass is 10.0. The summed E-state index contributed by atoms with van der Waals surface area (Å²) in [5.41, 5.74) is 3.54. The Morgan fingerprint density at radius 2 is 1.68 bits per heavy atom. The van der Waals surface area contributed by atoms with Crippen LogP contribution in [-0.2, 0) is 14.8 Å². The predicted molar refractivity (Wildman–Crippen MR) is 114 cm³/mol. The van der Waals surface area contributed by atoms with Crippen LogP contribution in [-0.4, -0.2) is 20.9 Å². The van der Waals surface area contributed by atoms with Crippen LogP contribution in [0.25, 0.3) is 11.1 Å². The summed E-state index contributed by atoms with van der Waals surface area (Å²) in [7, 11) is -3.83. The molecule has 3 aromatic rings. The Hall–Kier alpha value is -2.64. The average molecular weight is 457 g/mol. The molecule has 28 heavy (non-hydrogen) atoms. The molecule has 7 heteroatoms. The molecule has 1 amide bonds. The molecule has 0 aromatic heterocycles. The van der Waals surface area contributed by atoms with Gasteiger partial charge < -0.3 is 5.32 Å². The van der Waals surface area contributed by atoms with E-state index in [1.165, 1.54) is 4.31 Å². The van der Waals surface area contributed by atoms with Crippen LogP contribution >= 0.6 is 15.9 Å². The van der Waals surface area contributed by atoms with E-state index in [0.29, 0.717) is 16.9 Å². The number of halogens is 1. The van der Waals surface area contributed by atoms with Crippen LogP contribution in [0.5, 0.6) is 0 Å². The third-order valence-corrected chi connectivity index (χ3v) is 7.35. The van der Waals surface area contributed by atoms with E-state index in [1.54, 1.807) is 36.4 Å². The molecule has 0 spiro atoms. The van der Waals surface area contributed by atoms with Crippen molar-refractivity contribution in [3.8, 4) is 11.1 Å². The third kappa shape index (κ3) is 3.21. The second-order valence-electron chi connectivity index (χ2n) is 6.54. The normalized spacial score (nSPS) is 14.1. The lowest BCUT2D eigenvalue weighted by Crippen LogP contribution is -2.40. The van der Waals surface area contributed by atoms with E-state index < -0.39 is 15.9 Å². The second-order valence-corrected chi connectivity index (χ2v) is 9.22. The number of benzene rings is 3. The van der Waals surface area contributed by atoms with Crippen molar-refractivity contribution in [2.24, 2.45) is 0 Å². The number of anilines is 2. The molecular formula is C21H17BrN2O3S. The van der Waals surface area contributed by atoms with Gasteiger partial charge in [-0.2, -0.15) is 0 Å². The van der Waals surface area contributed by atoms with Crippen molar-refractivity contribution < 1.29 is 13.2 Å². The van der Waals surface area contributed by atoms with Crippen LogP contribution in [0.3, 0.4) is 0 Å². The van der Waals surface area contributed by atoms with Gasteiger partial charge >= 0.3 is 0 Å². The summed E-state index contributed by atoms with van der Waals surface area (Å²) < 4.78 is 28.5. The zero-order valence-electron chi connectivity index (χ0n) is 15.0. The molecule has 1 aliphatic heterocycles. The van der Waals surface area contributed by atoms with Gasteiger partial charge in [0.2, 0.25) is 5.91 Å². The number of nitrogens with one attached hydrogen (secondary N) is 1. The number of rotatable bonds is 3. The topological polar surface area (TPSA) is 66.5 Å². The van der Waals surface area contributed by atoms with Gasteiger partial charge in [0.15, 0.2) is 0 Å². The molecule has 0 aliphatic carbocycles. The SMILES string of the molecule is Cc1cc(NC(=O)CN2c3ccccc3-c3ccccc3S2(=O)=O)ccc1Br. The highest BCUT2D eigenvalue weighted by Gasteiger charge is 2.35. The van der Waals surface area contributed by atoms with Crippen molar-refractivity contribution >= 4 is 43.2 Å². The zero-order valence-corrected chi connectivity index (χ0v) is 17.4. The highest BCUT2D eigenvalue weighted by atomic mass is 79.9. The molecule has 0 fully saturated rings. The second kappa shape index (κ2) is 7.07. The maximum Gasteiger partial charge on any atom is 0.265 e. The largest absolute Gasteiger partial charge is 0.325 e. The van der Waals surface area contributed by atoms with Gasteiger partial charge in [-0.05, 0) is 42.8 Å². The van der Waals surface area contributed by atoms with E-state index in [-0.39, 0.29) is 11.4 Å². The van der Waals surface area contributed by atoms with Crippen LogP contribution in [0.2, 0.25) is 0 Å². The van der Waals surface area contributed by atoms with E-state index in [2.05, 4.69) is 21.2 Å². The summed E-state index contributed by atoms with van der Waals surface area (Å²) >= 11 is 3.42. The monoisotopic (exact) mass is 456 g/mol. The van der Waals surface area contributed by atoms with Crippen LogP contribution in [0.4, 0.5) is 11.4 Å². The molecule has 3 aromatic carbocycles. The molecule has 0 saturated heterocycles.